The largest absolute Gasteiger partial charge is 0.398 e. The Labute approximate surface area is 129 Å². The highest BCUT2D eigenvalue weighted by molar-refractivity contribution is 7.89. The Morgan fingerprint density at radius 3 is 2.10 bits per heavy atom. The summed E-state index contributed by atoms with van der Waals surface area (Å²) in [6, 6.07) is 2.60. The van der Waals surface area contributed by atoms with Crippen LogP contribution in [0.3, 0.4) is 0 Å². The molecule has 0 heterocycles. The number of halogens is 2. The number of nitrogen functional groups attached to an aromatic ring is 1. The molecule has 0 aromatic heterocycles. The van der Waals surface area contributed by atoms with Crippen molar-refractivity contribution in [3.8, 4) is 0 Å². The summed E-state index contributed by atoms with van der Waals surface area (Å²) in [5.74, 6) is 0. The molecule has 114 valence electrons. The van der Waals surface area contributed by atoms with Crippen molar-refractivity contribution in [2.75, 3.05) is 5.73 Å². The highest BCUT2D eigenvalue weighted by Crippen LogP contribution is 2.33. The molecule has 0 spiro atoms. The number of rotatable bonds is 4. The SMILES string of the molecule is CC(C)(O)C(C)(C)NS(=O)(=O)c1c(N)cc(Cl)cc1Cl. The Kier molecular flexibility index (Phi) is 4.68. The molecule has 0 amide bonds. The summed E-state index contributed by atoms with van der Waals surface area (Å²) in [4.78, 5) is -0.249. The minimum atomic E-state index is -4.00. The average Bonchev–Trinajstić information content (AvgIpc) is 2.09. The van der Waals surface area contributed by atoms with Gasteiger partial charge in [0.2, 0.25) is 10.0 Å². The van der Waals surface area contributed by atoms with Crippen molar-refractivity contribution >= 4 is 38.9 Å². The molecule has 0 aliphatic carbocycles. The lowest BCUT2D eigenvalue weighted by Gasteiger charge is -2.37. The van der Waals surface area contributed by atoms with Crippen molar-refractivity contribution in [3.63, 3.8) is 0 Å². The standard InChI is InChI=1S/C12H18Cl2N2O3S/c1-11(2,12(3,4)17)16-20(18,19)10-8(14)5-7(13)6-9(10)15/h5-6,16-17H,15H2,1-4H3. The number of sulfonamides is 1. The summed E-state index contributed by atoms with van der Waals surface area (Å²) in [5, 5.41) is 10.2. The first-order valence-electron chi connectivity index (χ1n) is 5.79. The lowest BCUT2D eigenvalue weighted by Crippen LogP contribution is -2.57. The summed E-state index contributed by atoms with van der Waals surface area (Å²) in [6.07, 6.45) is 0. The molecule has 1 aromatic rings. The summed E-state index contributed by atoms with van der Waals surface area (Å²) < 4.78 is 27.2. The molecule has 0 saturated carbocycles. The Balaban J connectivity index is 3.34. The summed E-state index contributed by atoms with van der Waals surface area (Å²) in [5.41, 5.74) is 3.22. The molecule has 8 heteroatoms. The fourth-order valence-electron chi connectivity index (χ4n) is 1.38. The first kappa shape index (κ1) is 17.5. The number of hydrogen-bond donors (Lipinski definition) is 3. The van der Waals surface area contributed by atoms with Gasteiger partial charge >= 0.3 is 0 Å². The number of nitrogens with one attached hydrogen (secondary N) is 1. The maximum Gasteiger partial charge on any atom is 0.244 e. The highest BCUT2D eigenvalue weighted by Gasteiger charge is 2.39. The Hall–Kier alpha value is -0.530. The van der Waals surface area contributed by atoms with E-state index in [1.54, 1.807) is 13.8 Å². The summed E-state index contributed by atoms with van der Waals surface area (Å²) >= 11 is 11.7. The number of anilines is 1. The Morgan fingerprint density at radius 1 is 1.20 bits per heavy atom. The average molecular weight is 341 g/mol. The monoisotopic (exact) mass is 340 g/mol. The van der Waals surface area contributed by atoms with Crippen LogP contribution in [0.4, 0.5) is 5.69 Å². The van der Waals surface area contributed by atoms with E-state index in [0.29, 0.717) is 0 Å². The molecular weight excluding hydrogens is 323 g/mol. The molecule has 0 bridgehead atoms. The van der Waals surface area contributed by atoms with Gasteiger partial charge in [0, 0.05) is 5.02 Å². The van der Waals surface area contributed by atoms with Crippen LogP contribution >= 0.6 is 23.2 Å². The molecule has 0 unspecified atom stereocenters. The molecule has 1 rings (SSSR count). The first-order chi connectivity index (χ1) is 8.78. The van der Waals surface area contributed by atoms with E-state index in [1.165, 1.54) is 26.0 Å². The van der Waals surface area contributed by atoms with E-state index in [2.05, 4.69) is 4.72 Å². The van der Waals surface area contributed by atoms with Crippen LogP contribution < -0.4 is 10.5 Å². The minimum Gasteiger partial charge on any atom is -0.398 e. The number of hydrogen-bond acceptors (Lipinski definition) is 4. The van der Waals surface area contributed by atoms with Crippen LogP contribution in [0.2, 0.25) is 10.0 Å². The van der Waals surface area contributed by atoms with Crippen molar-refractivity contribution in [1.82, 2.24) is 4.72 Å². The van der Waals surface area contributed by atoms with Gasteiger partial charge in [0.1, 0.15) is 4.90 Å². The van der Waals surface area contributed by atoms with Crippen LogP contribution in [0.5, 0.6) is 0 Å². The van der Waals surface area contributed by atoms with Crippen LogP contribution in [0.25, 0.3) is 0 Å². The second kappa shape index (κ2) is 5.35. The third-order valence-electron chi connectivity index (χ3n) is 3.22. The van der Waals surface area contributed by atoms with E-state index < -0.39 is 21.2 Å². The smallest absolute Gasteiger partial charge is 0.244 e. The molecule has 5 nitrogen and oxygen atoms in total. The third-order valence-corrected chi connectivity index (χ3v) is 5.63. The van der Waals surface area contributed by atoms with E-state index in [4.69, 9.17) is 28.9 Å². The summed E-state index contributed by atoms with van der Waals surface area (Å²) in [7, 11) is -4.00. The quantitative estimate of drug-likeness (QED) is 0.733. The van der Waals surface area contributed by atoms with E-state index in [-0.39, 0.29) is 20.6 Å². The molecule has 20 heavy (non-hydrogen) atoms. The molecule has 0 atom stereocenters. The van der Waals surface area contributed by atoms with Gasteiger partial charge in [0.15, 0.2) is 0 Å². The lowest BCUT2D eigenvalue weighted by molar-refractivity contribution is 0.00639. The van der Waals surface area contributed by atoms with Gasteiger partial charge in [-0.05, 0) is 39.8 Å². The Morgan fingerprint density at radius 2 is 1.70 bits per heavy atom. The second-order valence-corrected chi connectivity index (χ2v) is 8.06. The second-order valence-electron chi connectivity index (χ2n) is 5.60. The van der Waals surface area contributed by atoms with E-state index >= 15 is 0 Å². The van der Waals surface area contributed by atoms with Crippen LogP contribution in [0.1, 0.15) is 27.7 Å². The van der Waals surface area contributed by atoms with Crippen molar-refractivity contribution in [2.24, 2.45) is 0 Å². The molecular formula is C12H18Cl2N2O3S. The minimum absolute atomic E-state index is 0.0541. The predicted octanol–water partition coefficient (Wildman–Crippen LogP) is 2.40. The van der Waals surface area contributed by atoms with Crippen LogP contribution in [-0.4, -0.2) is 24.7 Å². The van der Waals surface area contributed by atoms with E-state index in [0.717, 1.165) is 0 Å². The normalized spacial score (nSPS) is 13.6. The Bertz CT molecular complexity index is 599. The first-order valence-corrected chi connectivity index (χ1v) is 8.03. The van der Waals surface area contributed by atoms with Gasteiger partial charge < -0.3 is 10.8 Å². The lowest BCUT2D eigenvalue weighted by atomic mass is 9.87. The van der Waals surface area contributed by atoms with Crippen LogP contribution in [-0.2, 0) is 10.0 Å². The van der Waals surface area contributed by atoms with Gasteiger partial charge in [-0.15, -0.1) is 0 Å². The van der Waals surface area contributed by atoms with E-state index in [9.17, 15) is 13.5 Å². The molecule has 0 aliphatic heterocycles. The van der Waals surface area contributed by atoms with Crippen molar-refractivity contribution < 1.29 is 13.5 Å². The molecule has 0 aliphatic rings. The van der Waals surface area contributed by atoms with Crippen LogP contribution in [0, 0.1) is 0 Å². The number of benzene rings is 1. The van der Waals surface area contributed by atoms with Gasteiger partial charge in [-0.1, -0.05) is 23.2 Å². The number of aliphatic hydroxyl groups is 1. The molecule has 1 aromatic carbocycles. The maximum absolute atomic E-state index is 12.4. The highest BCUT2D eigenvalue weighted by atomic mass is 35.5. The predicted molar refractivity (Wildman–Crippen MR) is 81.6 cm³/mol. The van der Waals surface area contributed by atoms with Crippen molar-refractivity contribution in [3.05, 3.63) is 22.2 Å². The van der Waals surface area contributed by atoms with Gasteiger partial charge in [0.05, 0.1) is 21.8 Å². The van der Waals surface area contributed by atoms with Gasteiger partial charge in [0.25, 0.3) is 0 Å². The van der Waals surface area contributed by atoms with Gasteiger partial charge in [-0.25, -0.2) is 13.1 Å². The fraction of sp³-hybridized carbons (Fsp3) is 0.500. The van der Waals surface area contributed by atoms with Gasteiger partial charge in [-0.2, -0.15) is 0 Å². The fourth-order valence-corrected chi connectivity index (χ4v) is 3.90. The van der Waals surface area contributed by atoms with Crippen molar-refractivity contribution in [2.45, 2.75) is 43.7 Å². The van der Waals surface area contributed by atoms with Crippen molar-refractivity contribution in [1.29, 1.82) is 0 Å². The zero-order valence-corrected chi connectivity index (χ0v) is 14.0. The number of nitrogens with two attached hydrogens (primary N) is 1. The topological polar surface area (TPSA) is 92.4 Å². The van der Waals surface area contributed by atoms with Gasteiger partial charge in [-0.3, -0.25) is 0 Å². The summed E-state index contributed by atoms with van der Waals surface area (Å²) in [6.45, 7) is 6.12. The molecule has 0 saturated heterocycles. The maximum atomic E-state index is 12.4. The van der Waals surface area contributed by atoms with E-state index in [1.807, 2.05) is 0 Å². The van der Waals surface area contributed by atoms with Crippen LogP contribution in [0.15, 0.2) is 17.0 Å². The third kappa shape index (κ3) is 3.56. The molecule has 0 fully saturated rings. The molecule has 4 N–H and O–H groups in total. The molecule has 0 radical (unpaired) electrons. The zero-order valence-electron chi connectivity index (χ0n) is 11.7. The zero-order chi connectivity index (χ0) is 15.9.